The Kier molecular flexibility index (Phi) is 3.94. The van der Waals surface area contributed by atoms with Crippen molar-refractivity contribution < 1.29 is 4.79 Å². The third-order valence-electron chi connectivity index (χ3n) is 4.35. The van der Waals surface area contributed by atoms with E-state index in [1.54, 1.807) is 0 Å². The second kappa shape index (κ2) is 6.11. The maximum absolute atomic E-state index is 12.8. The highest BCUT2D eigenvalue weighted by molar-refractivity contribution is 7.23. The summed E-state index contributed by atoms with van der Waals surface area (Å²) in [7, 11) is 0. The maximum Gasteiger partial charge on any atom is 0.326 e. The lowest BCUT2D eigenvalue weighted by Crippen LogP contribution is -2.38. The molecule has 0 spiro atoms. The molecule has 2 heterocycles. The molecule has 122 valence electrons. The SMILES string of the molecule is Cc1ccc2c(c1)CCCN2C(=O)Nc1sc2ccccc2c1Cl. The summed E-state index contributed by atoms with van der Waals surface area (Å²) in [6, 6.07) is 14.1. The van der Waals surface area contributed by atoms with Crippen LogP contribution in [0.15, 0.2) is 42.5 Å². The summed E-state index contributed by atoms with van der Waals surface area (Å²) >= 11 is 7.95. The molecular formula is C19H17ClN2OS. The molecule has 1 N–H and O–H groups in total. The molecule has 24 heavy (non-hydrogen) atoms. The number of urea groups is 1. The van der Waals surface area contributed by atoms with Gasteiger partial charge in [-0.1, -0.05) is 47.5 Å². The number of carbonyl (C=O) groups is 1. The maximum atomic E-state index is 12.8. The summed E-state index contributed by atoms with van der Waals surface area (Å²) in [6.07, 6.45) is 1.99. The molecule has 5 heteroatoms. The van der Waals surface area contributed by atoms with Gasteiger partial charge in [-0.15, -0.1) is 11.3 Å². The van der Waals surface area contributed by atoms with Crippen LogP contribution in [0.4, 0.5) is 15.5 Å². The van der Waals surface area contributed by atoms with Crippen molar-refractivity contribution >= 4 is 49.7 Å². The molecule has 0 unspecified atom stereocenters. The lowest BCUT2D eigenvalue weighted by molar-refractivity contribution is 0.256. The summed E-state index contributed by atoms with van der Waals surface area (Å²) in [6.45, 7) is 2.81. The minimum Gasteiger partial charge on any atom is -0.298 e. The van der Waals surface area contributed by atoms with Gasteiger partial charge in [-0.25, -0.2) is 4.79 Å². The molecule has 2 aromatic carbocycles. The molecule has 0 radical (unpaired) electrons. The summed E-state index contributed by atoms with van der Waals surface area (Å²) in [5.74, 6) is 0. The van der Waals surface area contributed by atoms with Gasteiger partial charge in [-0.3, -0.25) is 10.2 Å². The smallest absolute Gasteiger partial charge is 0.298 e. The highest BCUT2D eigenvalue weighted by atomic mass is 35.5. The van der Waals surface area contributed by atoms with Gasteiger partial charge in [0.25, 0.3) is 0 Å². The van der Waals surface area contributed by atoms with Crippen LogP contribution in [-0.2, 0) is 6.42 Å². The zero-order valence-electron chi connectivity index (χ0n) is 13.3. The van der Waals surface area contributed by atoms with E-state index < -0.39 is 0 Å². The number of fused-ring (bicyclic) bond motifs is 2. The first-order valence-electron chi connectivity index (χ1n) is 7.98. The number of thiophene rings is 1. The van der Waals surface area contributed by atoms with Crippen LogP contribution >= 0.6 is 22.9 Å². The summed E-state index contributed by atoms with van der Waals surface area (Å²) < 4.78 is 1.08. The van der Waals surface area contributed by atoms with Crippen LogP contribution in [0.2, 0.25) is 5.02 Å². The van der Waals surface area contributed by atoms with Gasteiger partial charge in [0.05, 0.1) is 5.02 Å². The summed E-state index contributed by atoms with van der Waals surface area (Å²) in [5.41, 5.74) is 3.46. The van der Waals surface area contributed by atoms with Crippen molar-refractivity contribution in [3.63, 3.8) is 0 Å². The van der Waals surface area contributed by atoms with Gasteiger partial charge in [0, 0.05) is 22.3 Å². The van der Waals surface area contributed by atoms with Crippen LogP contribution in [0.3, 0.4) is 0 Å². The van der Waals surface area contributed by atoms with E-state index in [2.05, 4.69) is 24.4 Å². The number of anilines is 2. The Hall–Kier alpha value is -2.04. The minimum atomic E-state index is -0.117. The molecule has 2 amide bonds. The van der Waals surface area contributed by atoms with E-state index in [0.717, 1.165) is 35.2 Å². The number of hydrogen-bond donors (Lipinski definition) is 1. The van der Waals surface area contributed by atoms with Crippen LogP contribution in [0.5, 0.6) is 0 Å². The van der Waals surface area contributed by atoms with E-state index in [1.807, 2.05) is 35.2 Å². The van der Waals surface area contributed by atoms with Gasteiger partial charge in [0.15, 0.2) is 0 Å². The average Bonchev–Trinajstić information content (AvgIpc) is 2.90. The number of amides is 2. The van der Waals surface area contributed by atoms with E-state index in [4.69, 9.17) is 11.6 Å². The molecule has 0 saturated carbocycles. The van der Waals surface area contributed by atoms with Crippen LogP contribution < -0.4 is 10.2 Å². The fourth-order valence-corrected chi connectivity index (χ4v) is 4.56. The standard InChI is InChI=1S/C19H17ClN2OS/c1-12-8-9-15-13(11-12)5-4-10-22(15)19(23)21-18-17(20)14-6-2-3-7-16(14)24-18/h2-3,6-9,11H,4-5,10H2,1H3,(H,21,23). The molecule has 1 aliphatic rings. The summed E-state index contributed by atoms with van der Waals surface area (Å²) in [4.78, 5) is 14.6. The van der Waals surface area contributed by atoms with Gasteiger partial charge < -0.3 is 0 Å². The number of nitrogens with one attached hydrogen (secondary N) is 1. The van der Waals surface area contributed by atoms with Crippen LogP contribution in [0.25, 0.3) is 10.1 Å². The first-order valence-corrected chi connectivity index (χ1v) is 9.18. The molecular weight excluding hydrogens is 340 g/mol. The molecule has 0 atom stereocenters. The highest BCUT2D eigenvalue weighted by Crippen LogP contribution is 2.40. The fraction of sp³-hybridized carbons (Fsp3) is 0.211. The number of benzene rings is 2. The van der Waals surface area contributed by atoms with Crippen molar-refractivity contribution in [3.05, 3.63) is 58.6 Å². The third-order valence-corrected chi connectivity index (χ3v) is 5.95. The Balaban J connectivity index is 1.64. The predicted octanol–water partition coefficient (Wildman–Crippen LogP) is 5.85. The number of hydrogen-bond acceptors (Lipinski definition) is 2. The summed E-state index contributed by atoms with van der Waals surface area (Å²) in [5, 5.41) is 5.31. The normalized spacial score (nSPS) is 13.8. The molecule has 1 aliphatic heterocycles. The molecule has 3 aromatic rings. The molecule has 0 aliphatic carbocycles. The Morgan fingerprint density at radius 1 is 1.25 bits per heavy atom. The van der Waals surface area contributed by atoms with Crippen LogP contribution in [-0.4, -0.2) is 12.6 Å². The highest BCUT2D eigenvalue weighted by Gasteiger charge is 2.24. The van der Waals surface area contributed by atoms with E-state index in [0.29, 0.717) is 10.0 Å². The van der Waals surface area contributed by atoms with Crippen LogP contribution in [0, 0.1) is 6.92 Å². The average molecular weight is 357 g/mol. The molecule has 1 aromatic heterocycles. The number of aryl methyl sites for hydroxylation is 2. The molecule has 3 nitrogen and oxygen atoms in total. The molecule has 0 fully saturated rings. The van der Waals surface area contributed by atoms with Gasteiger partial charge in [0.1, 0.15) is 5.00 Å². The van der Waals surface area contributed by atoms with Crippen molar-refractivity contribution in [2.24, 2.45) is 0 Å². The first kappa shape index (κ1) is 15.5. The second-order valence-electron chi connectivity index (χ2n) is 6.06. The zero-order valence-corrected chi connectivity index (χ0v) is 14.9. The number of carbonyl (C=O) groups excluding carboxylic acids is 1. The quantitative estimate of drug-likeness (QED) is 0.583. The predicted molar refractivity (Wildman–Crippen MR) is 103 cm³/mol. The Bertz CT molecular complexity index is 934. The second-order valence-corrected chi connectivity index (χ2v) is 7.49. The van der Waals surface area contributed by atoms with Gasteiger partial charge in [-0.2, -0.15) is 0 Å². The lowest BCUT2D eigenvalue weighted by atomic mass is 10.00. The molecule has 4 rings (SSSR count). The molecule has 0 bridgehead atoms. The van der Waals surface area contributed by atoms with Crippen LogP contribution in [0.1, 0.15) is 17.5 Å². The molecule has 0 saturated heterocycles. The van der Waals surface area contributed by atoms with Gasteiger partial charge in [-0.05, 0) is 37.5 Å². The number of rotatable bonds is 1. The Morgan fingerprint density at radius 3 is 2.92 bits per heavy atom. The van der Waals surface area contributed by atoms with Crippen molar-refractivity contribution in [1.82, 2.24) is 0 Å². The van der Waals surface area contributed by atoms with Crippen molar-refractivity contribution in [3.8, 4) is 0 Å². The van der Waals surface area contributed by atoms with E-state index >= 15 is 0 Å². The minimum absolute atomic E-state index is 0.117. The zero-order chi connectivity index (χ0) is 16.7. The van der Waals surface area contributed by atoms with Crippen molar-refractivity contribution in [2.75, 3.05) is 16.8 Å². The number of nitrogens with zero attached hydrogens (tertiary/aromatic N) is 1. The van der Waals surface area contributed by atoms with Crippen molar-refractivity contribution in [1.29, 1.82) is 0 Å². The van der Waals surface area contributed by atoms with Gasteiger partial charge >= 0.3 is 6.03 Å². The lowest BCUT2D eigenvalue weighted by Gasteiger charge is -2.29. The van der Waals surface area contributed by atoms with Gasteiger partial charge in [0.2, 0.25) is 0 Å². The Labute approximate surface area is 149 Å². The Morgan fingerprint density at radius 2 is 2.08 bits per heavy atom. The number of halogens is 1. The third kappa shape index (κ3) is 2.66. The monoisotopic (exact) mass is 356 g/mol. The van der Waals surface area contributed by atoms with E-state index in [9.17, 15) is 4.79 Å². The van der Waals surface area contributed by atoms with E-state index in [1.165, 1.54) is 22.5 Å². The topological polar surface area (TPSA) is 32.3 Å². The largest absolute Gasteiger partial charge is 0.326 e. The van der Waals surface area contributed by atoms with Crippen molar-refractivity contribution in [2.45, 2.75) is 19.8 Å². The van der Waals surface area contributed by atoms with E-state index in [-0.39, 0.29) is 6.03 Å². The fourth-order valence-electron chi connectivity index (χ4n) is 3.20. The first-order chi connectivity index (χ1) is 11.6.